The smallest absolute Gasteiger partial charge is 0.343 e. The van der Waals surface area contributed by atoms with Crippen molar-refractivity contribution in [2.45, 2.75) is 0 Å². The third-order valence-corrected chi connectivity index (χ3v) is 5.45. The molecule has 34 heavy (non-hydrogen) atoms. The molecule has 0 aromatic heterocycles. The van der Waals surface area contributed by atoms with Crippen LogP contribution in [0.15, 0.2) is 70.2 Å². The first-order valence-corrected chi connectivity index (χ1v) is 11.1. The van der Waals surface area contributed by atoms with Gasteiger partial charge in [-0.3, -0.25) is 9.59 Å². The molecule has 0 fully saturated rings. The lowest BCUT2D eigenvalue weighted by molar-refractivity contribution is -0.136. The highest BCUT2D eigenvalue weighted by molar-refractivity contribution is 9.10. The van der Waals surface area contributed by atoms with Crippen molar-refractivity contribution in [3.63, 3.8) is 0 Å². The van der Waals surface area contributed by atoms with Gasteiger partial charge < -0.3 is 14.8 Å². The summed E-state index contributed by atoms with van der Waals surface area (Å²) in [5.41, 5.74) is 3.30. The fourth-order valence-electron chi connectivity index (χ4n) is 2.60. The maximum atomic E-state index is 12.4. The summed E-state index contributed by atoms with van der Waals surface area (Å²) >= 11 is 15.0. The lowest BCUT2D eigenvalue weighted by atomic mass is 10.2. The molecule has 0 aliphatic heterocycles. The fraction of sp³-hybridized carbons (Fsp3) is 0.0435. The van der Waals surface area contributed by atoms with E-state index in [1.54, 1.807) is 36.4 Å². The zero-order valence-corrected chi connectivity index (χ0v) is 20.6. The Morgan fingerprint density at radius 1 is 0.941 bits per heavy atom. The molecule has 0 aliphatic carbocycles. The predicted molar refractivity (Wildman–Crippen MR) is 133 cm³/mol. The summed E-state index contributed by atoms with van der Waals surface area (Å²) in [6.45, 7) is 0. The van der Waals surface area contributed by atoms with E-state index in [1.807, 2.05) is 0 Å². The molecular formula is C23H16BrCl2N3O5. The summed E-state index contributed by atoms with van der Waals surface area (Å²) < 4.78 is 11.4. The maximum Gasteiger partial charge on any atom is 0.343 e. The monoisotopic (exact) mass is 563 g/mol. The molecule has 2 N–H and O–H groups in total. The van der Waals surface area contributed by atoms with Crippen LogP contribution < -0.4 is 20.2 Å². The number of halogens is 3. The number of esters is 1. The van der Waals surface area contributed by atoms with Gasteiger partial charge in [0.2, 0.25) is 0 Å². The summed E-state index contributed by atoms with van der Waals surface area (Å²) in [7, 11) is 1.42. The van der Waals surface area contributed by atoms with Crippen molar-refractivity contribution in [1.82, 2.24) is 5.43 Å². The van der Waals surface area contributed by atoms with Gasteiger partial charge in [0.1, 0.15) is 0 Å². The first kappa shape index (κ1) is 25.2. The summed E-state index contributed by atoms with van der Waals surface area (Å²) in [6, 6.07) is 15.8. The Bertz CT molecular complexity index is 1280. The van der Waals surface area contributed by atoms with Crippen LogP contribution in [-0.4, -0.2) is 31.1 Å². The number of hydrogen-bond acceptors (Lipinski definition) is 6. The quantitative estimate of drug-likeness (QED) is 0.143. The van der Waals surface area contributed by atoms with E-state index in [1.165, 1.54) is 37.6 Å². The van der Waals surface area contributed by atoms with Gasteiger partial charge >= 0.3 is 17.8 Å². The number of ether oxygens (including phenoxy) is 2. The Hall–Kier alpha value is -3.40. The number of methoxy groups -OCH3 is 1. The van der Waals surface area contributed by atoms with E-state index in [0.717, 1.165) is 4.47 Å². The highest BCUT2D eigenvalue weighted by Crippen LogP contribution is 2.29. The molecule has 0 saturated carbocycles. The zero-order chi connectivity index (χ0) is 24.7. The molecule has 3 rings (SSSR count). The van der Waals surface area contributed by atoms with Crippen LogP contribution in [0.25, 0.3) is 0 Å². The van der Waals surface area contributed by atoms with Gasteiger partial charge in [-0.15, -0.1) is 0 Å². The Morgan fingerprint density at radius 3 is 2.44 bits per heavy atom. The minimum Gasteiger partial charge on any atom is -0.493 e. The number of carbonyl (C=O) groups excluding carboxylic acids is 3. The zero-order valence-electron chi connectivity index (χ0n) is 17.5. The third kappa shape index (κ3) is 6.80. The van der Waals surface area contributed by atoms with E-state index in [4.69, 9.17) is 32.7 Å². The second-order valence-electron chi connectivity index (χ2n) is 6.59. The topological polar surface area (TPSA) is 106 Å². The fourth-order valence-corrected chi connectivity index (χ4v) is 3.30. The van der Waals surface area contributed by atoms with Crippen molar-refractivity contribution in [3.05, 3.63) is 86.3 Å². The van der Waals surface area contributed by atoms with Crippen molar-refractivity contribution in [3.8, 4) is 11.5 Å². The first-order chi connectivity index (χ1) is 16.3. The van der Waals surface area contributed by atoms with Crippen LogP contribution in [0, 0.1) is 0 Å². The largest absolute Gasteiger partial charge is 0.493 e. The molecule has 8 nitrogen and oxygen atoms in total. The minimum absolute atomic E-state index is 0.203. The first-order valence-electron chi connectivity index (χ1n) is 9.52. The van der Waals surface area contributed by atoms with Gasteiger partial charge in [0.25, 0.3) is 0 Å². The highest BCUT2D eigenvalue weighted by Gasteiger charge is 2.15. The SMILES string of the molecule is COc1cc(/C=N/NC(=O)C(=O)Nc2ccc(Cl)c(Cl)c2)ccc1OC(=O)c1cccc(Br)c1. The van der Waals surface area contributed by atoms with Gasteiger partial charge in [0.05, 0.1) is 28.9 Å². The Balaban J connectivity index is 1.61. The summed E-state index contributed by atoms with van der Waals surface area (Å²) in [6.07, 6.45) is 1.30. The van der Waals surface area contributed by atoms with Crippen LogP contribution in [0.4, 0.5) is 5.69 Å². The van der Waals surface area contributed by atoms with Gasteiger partial charge in [-0.05, 0) is 60.2 Å². The highest BCUT2D eigenvalue weighted by atomic mass is 79.9. The summed E-state index contributed by atoms with van der Waals surface area (Å²) in [4.78, 5) is 36.3. The number of nitrogens with zero attached hydrogens (tertiary/aromatic N) is 1. The van der Waals surface area contributed by atoms with Crippen LogP contribution in [-0.2, 0) is 9.59 Å². The van der Waals surface area contributed by atoms with Gasteiger partial charge in [-0.1, -0.05) is 45.2 Å². The molecule has 0 bridgehead atoms. The molecule has 3 aromatic carbocycles. The molecule has 0 radical (unpaired) electrons. The molecule has 174 valence electrons. The Kier molecular flexibility index (Phi) is 8.64. The van der Waals surface area contributed by atoms with E-state index in [2.05, 4.69) is 31.8 Å². The Morgan fingerprint density at radius 2 is 1.74 bits per heavy atom. The van der Waals surface area contributed by atoms with Crippen LogP contribution in [0.5, 0.6) is 11.5 Å². The van der Waals surface area contributed by atoms with Gasteiger partial charge in [0.15, 0.2) is 11.5 Å². The normalized spacial score (nSPS) is 10.6. The molecule has 0 saturated heterocycles. The predicted octanol–water partition coefficient (Wildman–Crippen LogP) is 5.07. The van der Waals surface area contributed by atoms with Gasteiger partial charge in [0, 0.05) is 10.2 Å². The van der Waals surface area contributed by atoms with Crippen LogP contribution >= 0.6 is 39.1 Å². The van der Waals surface area contributed by atoms with E-state index in [9.17, 15) is 14.4 Å². The van der Waals surface area contributed by atoms with E-state index in [0.29, 0.717) is 21.8 Å². The second kappa shape index (κ2) is 11.6. The van der Waals surface area contributed by atoms with E-state index in [-0.39, 0.29) is 16.5 Å². The molecule has 0 aliphatic rings. The molecular weight excluding hydrogens is 549 g/mol. The maximum absolute atomic E-state index is 12.4. The minimum atomic E-state index is -0.992. The molecule has 2 amide bonds. The summed E-state index contributed by atoms with van der Waals surface area (Å²) in [5.74, 6) is -2.01. The molecule has 3 aromatic rings. The average molecular weight is 565 g/mol. The molecule has 0 unspecified atom stereocenters. The number of hydrazone groups is 1. The van der Waals surface area contributed by atoms with Crippen LogP contribution in [0.1, 0.15) is 15.9 Å². The molecule has 0 heterocycles. The number of carbonyl (C=O) groups is 3. The van der Waals surface area contributed by atoms with Gasteiger partial charge in [-0.2, -0.15) is 5.10 Å². The Labute approximate surface area is 213 Å². The summed E-state index contributed by atoms with van der Waals surface area (Å²) in [5, 5.41) is 6.69. The van der Waals surface area contributed by atoms with Gasteiger partial charge in [-0.25, -0.2) is 10.2 Å². The number of anilines is 1. The molecule has 0 spiro atoms. The van der Waals surface area contributed by atoms with Crippen LogP contribution in [0.2, 0.25) is 10.0 Å². The van der Waals surface area contributed by atoms with Crippen molar-refractivity contribution >= 4 is 68.8 Å². The van der Waals surface area contributed by atoms with Crippen LogP contribution in [0.3, 0.4) is 0 Å². The average Bonchev–Trinajstić information content (AvgIpc) is 2.82. The lowest BCUT2D eigenvalue weighted by Crippen LogP contribution is -2.32. The number of rotatable bonds is 6. The molecule has 11 heteroatoms. The number of amides is 2. The number of nitrogens with one attached hydrogen (secondary N) is 2. The van der Waals surface area contributed by atoms with E-state index < -0.39 is 17.8 Å². The van der Waals surface area contributed by atoms with Crippen molar-refractivity contribution < 1.29 is 23.9 Å². The van der Waals surface area contributed by atoms with Crippen molar-refractivity contribution in [2.75, 3.05) is 12.4 Å². The number of hydrogen-bond donors (Lipinski definition) is 2. The molecule has 0 atom stereocenters. The van der Waals surface area contributed by atoms with E-state index >= 15 is 0 Å². The van der Waals surface area contributed by atoms with Crippen molar-refractivity contribution in [2.24, 2.45) is 5.10 Å². The lowest BCUT2D eigenvalue weighted by Gasteiger charge is -2.10. The number of benzene rings is 3. The standard InChI is InChI=1S/C23H16BrCl2N3O5/c1-33-20-9-13(5-8-19(20)34-23(32)14-3-2-4-15(24)10-14)12-27-29-22(31)21(30)28-16-6-7-17(25)18(26)11-16/h2-12H,1H3,(H,28,30)(H,29,31)/b27-12+. The third-order valence-electron chi connectivity index (χ3n) is 4.21. The second-order valence-corrected chi connectivity index (χ2v) is 8.32. The van der Waals surface area contributed by atoms with Crippen molar-refractivity contribution in [1.29, 1.82) is 0 Å².